The molecule has 0 aliphatic heterocycles. The van der Waals surface area contributed by atoms with Crippen LogP contribution >= 0.6 is 12.4 Å². The third-order valence-corrected chi connectivity index (χ3v) is 4.19. The average molecular weight is 297 g/mol. The van der Waals surface area contributed by atoms with E-state index < -0.39 is 0 Å². The fourth-order valence-electron chi connectivity index (χ4n) is 2.87. The molecule has 4 heteroatoms. The first kappa shape index (κ1) is 17.0. The van der Waals surface area contributed by atoms with Crippen molar-refractivity contribution in [2.24, 2.45) is 11.7 Å². The highest BCUT2D eigenvalue weighted by molar-refractivity contribution is 5.85. The molecule has 1 unspecified atom stereocenters. The van der Waals surface area contributed by atoms with Crippen LogP contribution in [0.5, 0.6) is 0 Å². The smallest absolute Gasteiger partial charge is 0.224 e. The van der Waals surface area contributed by atoms with Crippen LogP contribution in [0.15, 0.2) is 24.3 Å². The summed E-state index contributed by atoms with van der Waals surface area (Å²) in [6.07, 6.45) is 4.40. The van der Waals surface area contributed by atoms with E-state index in [0.717, 1.165) is 12.8 Å². The Kier molecular flexibility index (Phi) is 6.03. The van der Waals surface area contributed by atoms with Gasteiger partial charge in [-0.15, -0.1) is 12.4 Å². The molecular weight excluding hydrogens is 272 g/mol. The summed E-state index contributed by atoms with van der Waals surface area (Å²) in [7, 11) is 0. The molecule has 1 aromatic rings. The lowest BCUT2D eigenvalue weighted by Crippen LogP contribution is -2.47. The summed E-state index contributed by atoms with van der Waals surface area (Å²) in [5, 5.41) is 3.27. The SMILES string of the molecule is Cc1cccc(C2(NC(=O)C(C)CN)CCCC2)c1.Cl. The lowest BCUT2D eigenvalue weighted by Gasteiger charge is -2.32. The highest BCUT2D eigenvalue weighted by Gasteiger charge is 2.37. The first-order chi connectivity index (χ1) is 9.07. The van der Waals surface area contributed by atoms with E-state index in [1.165, 1.54) is 24.0 Å². The molecule has 3 N–H and O–H groups in total. The van der Waals surface area contributed by atoms with Crippen molar-refractivity contribution < 1.29 is 4.79 Å². The molecule has 0 radical (unpaired) electrons. The molecule has 1 aliphatic carbocycles. The summed E-state index contributed by atoms with van der Waals surface area (Å²) in [4.78, 5) is 12.2. The van der Waals surface area contributed by atoms with Crippen LogP contribution in [0.4, 0.5) is 0 Å². The van der Waals surface area contributed by atoms with E-state index in [2.05, 4.69) is 36.5 Å². The molecule has 1 saturated carbocycles. The Morgan fingerprint density at radius 2 is 2.05 bits per heavy atom. The van der Waals surface area contributed by atoms with Gasteiger partial charge in [0.1, 0.15) is 0 Å². The van der Waals surface area contributed by atoms with E-state index in [9.17, 15) is 4.79 Å². The topological polar surface area (TPSA) is 55.1 Å². The van der Waals surface area contributed by atoms with Crippen molar-refractivity contribution in [1.82, 2.24) is 5.32 Å². The third-order valence-electron chi connectivity index (χ3n) is 4.19. The minimum atomic E-state index is -0.174. The second-order valence-corrected chi connectivity index (χ2v) is 5.78. The molecule has 1 fully saturated rings. The molecule has 2 rings (SSSR count). The molecule has 0 spiro atoms. The maximum atomic E-state index is 12.2. The first-order valence-electron chi connectivity index (χ1n) is 7.17. The molecule has 112 valence electrons. The second kappa shape index (κ2) is 7.09. The van der Waals surface area contributed by atoms with Crippen LogP contribution in [0.25, 0.3) is 0 Å². The van der Waals surface area contributed by atoms with Gasteiger partial charge < -0.3 is 11.1 Å². The monoisotopic (exact) mass is 296 g/mol. The second-order valence-electron chi connectivity index (χ2n) is 5.78. The zero-order valence-corrected chi connectivity index (χ0v) is 13.1. The zero-order valence-electron chi connectivity index (χ0n) is 12.3. The Bertz CT molecular complexity index is 456. The largest absolute Gasteiger partial charge is 0.346 e. The zero-order chi connectivity index (χ0) is 13.9. The van der Waals surface area contributed by atoms with Crippen molar-refractivity contribution >= 4 is 18.3 Å². The van der Waals surface area contributed by atoms with Gasteiger partial charge in [0.05, 0.1) is 5.54 Å². The van der Waals surface area contributed by atoms with Gasteiger partial charge in [0, 0.05) is 12.5 Å². The van der Waals surface area contributed by atoms with Gasteiger partial charge in [0.25, 0.3) is 0 Å². The summed E-state index contributed by atoms with van der Waals surface area (Å²) in [6.45, 7) is 4.38. The number of nitrogens with one attached hydrogen (secondary N) is 1. The quantitative estimate of drug-likeness (QED) is 0.897. The van der Waals surface area contributed by atoms with E-state index in [4.69, 9.17) is 5.73 Å². The number of carbonyl (C=O) groups excluding carboxylic acids is 1. The van der Waals surface area contributed by atoms with Crippen molar-refractivity contribution in [1.29, 1.82) is 0 Å². The molecule has 0 bridgehead atoms. The number of benzene rings is 1. The highest BCUT2D eigenvalue weighted by atomic mass is 35.5. The number of aryl methyl sites for hydroxylation is 1. The van der Waals surface area contributed by atoms with Crippen LogP contribution in [-0.4, -0.2) is 12.5 Å². The van der Waals surface area contributed by atoms with Crippen LogP contribution < -0.4 is 11.1 Å². The van der Waals surface area contributed by atoms with Crippen LogP contribution in [0.3, 0.4) is 0 Å². The summed E-state index contributed by atoms with van der Waals surface area (Å²) in [5.41, 5.74) is 7.90. The number of nitrogens with two attached hydrogens (primary N) is 1. The molecule has 1 aromatic carbocycles. The normalized spacial score (nSPS) is 18.1. The van der Waals surface area contributed by atoms with E-state index in [0.29, 0.717) is 6.54 Å². The molecule has 0 heterocycles. The van der Waals surface area contributed by atoms with Gasteiger partial charge in [-0.25, -0.2) is 0 Å². The Balaban J connectivity index is 0.00000200. The lowest BCUT2D eigenvalue weighted by molar-refractivity contribution is -0.126. The number of hydrogen-bond donors (Lipinski definition) is 2. The van der Waals surface area contributed by atoms with Gasteiger partial charge in [-0.2, -0.15) is 0 Å². The molecule has 1 aliphatic rings. The number of hydrogen-bond acceptors (Lipinski definition) is 2. The standard InChI is InChI=1S/C16H24N2O.ClH/c1-12-6-5-7-14(10-12)16(8-3-4-9-16)18-15(19)13(2)11-17;/h5-7,10,13H,3-4,8-9,11,17H2,1-2H3,(H,18,19);1H. The predicted molar refractivity (Wildman–Crippen MR) is 84.9 cm³/mol. The number of halogens is 1. The Morgan fingerprint density at radius 1 is 1.40 bits per heavy atom. The van der Waals surface area contributed by atoms with Gasteiger partial charge in [-0.05, 0) is 25.3 Å². The molecule has 1 atom stereocenters. The highest BCUT2D eigenvalue weighted by Crippen LogP contribution is 2.39. The predicted octanol–water partition coefficient (Wildman–Crippen LogP) is 2.90. The van der Waals surface area contributed by atoms with Crippen LogP contribution in [0.2, 0.25) is 0 Å². The summed E-state index contributed by atoms with van der Waals surface area (Å²) in [5.74, 6) is -0.0480. The van der Waals surface area contributed by atoms with Crippen molar-refractivity contribution in [2.45, 2.75) is 45.1 Å². The van der Waals surface area contributed by atoms with Crippen molar-refractivity contribution in [2.75, 3.05) is 6.54 Å². The fraction of sp³-hybridized carbons (Fsp3) is 0.562. The maximum Gasteiger partial charge on any atom is 0.224 e. The molecule has 20 heavy (non-hydrogen) atoms. The lowest BCUT2D eigenvalue weighted by atomic mass is 9.86. The van der Waals surface area contributed by atoms with Gasteiger partial charge in [-0.3, -0.25) is 4.79 Å². The average Bonchev–Trinajstić information content (AvgIpc) is 2.87. The van der Waals surface area contributed by atoms with Crippen molar-refractivity contribution in [3.63, 3.8) is 0 Å². The Morgan fingerprint density at radius 3 is 2.60 bits per heavy atom. The molecule has 0 aromatic heterocycles. The minimum Gasteiger partial charge on any atom is -0.346 e. The number of rotatable bonds is 4. The van der Waals surface area contributed by atoms with Crippen LogP contribution in [-0.2, 0) is 10.3 Å². The van der Waals surface area contributed by atoms with Crippen molar-refractivity contribution in [3.8, 4) is 0 Å². The first-order valence-corrected chi connectivity index (χ1v) is 7.17. The van der Waals surface area contributed by atoms with E-state index in [-0.39, 0.29) is 29.8 Å². The molecule has 1 amide bonds. The van der Waals surface area contributed by atoms with Gasteiger partial charge >= 0.3 is 0 Å². The van der Waals surface area contributed by atoms with Gasteiger partial charge in [0.15, 0.2) is 0 Å². The molecular formula is C16H25ClN2O. The number of carbonyl (C=O) groups is 1. The minimum absolute atomic E-state index is 0. The molecule has 3 nitrogen and oxygen atoms in total. The van der Waals surface area contributed by atoms with Crippen molar-refractivity contribution in [3.05, 3.63) is 35.4 Å². The summed E-state index contributed by atoms with van der Waals surface area (Å²) < 4.78 is 0. The van der Waals surface area contributed by atoms with E-state index in [1.807, 2.05) is 6.92 Å². The third kappa shape index (κ3) is 3.53. The fourth-order valence-corrected chi connectivity index (χ4v) is 2.87. The Labute approximate surface area is 127 Å². The van der Waals surface area contributed by atoms with Crippen LogP contribution in [0.1, 0.15) is 43.7 Å². The Hall–Kier alpha value is -1.06. The van der Waals surface area contributed by atoms with E-state index >= 15 is 0 Å². The van der Waals surface area contributed by atoms with Gasteiger partial charge in [0.2, 0.25) is 5.91 Å². The molecule has 0 saturated heterocycles. The van der Waals surface area contributed by atoms with Gasteiger partial charge in [-0.1, -0.05) is 49.6 Å². The van der Waals surface area contributed by atoms with Crippen LogP contribution in [0, 0.1) is 12.8 Å². The summed E-state index contributed by atoms with van der Waals surface area (Å²) in [6, 6.07) is 8.49. The number of amides is 1. The summed E-state index contributed by atoms with van der Waals surface area (Å²) >= 11 is 0. The maximum absolute atomic E-state index is 12.2. The van der Waals surface area contributed by atoms with E-state index in [1.54, 1.807) is 0 Å².